The molecular weight excluding hydrogens is 455 g/mol. The molecule has 3 N–H and O–H groups in total. The Hall–Kier alpha value is -1.51. The van der Waals surface area contributed by atoms with Crippen LogP contribution < -0.4 is 16.0 Å². The molecule has 0 spiro atoms. The first-order valence-electron chi connectivity index (χ1n) is 9.13. The van der Waals surface area contributed by atoms with Gasteiger partial charge in [0.2, 0.25) is 0 Å². The molecule has 2 rings (SSSR count). The van der Waals surface area contributed by atoms with Gasteiger partial charge in [0.1, 0.15) is 5.60 Å². The monoisotopic (exact) mass is 488 g/mol. The number of benzene rings is 1. The lowest BCUT2D eigenvalue weighted by Gasteiger charge is -2.29. The molecule has 2 atom stereocenters. The maximum absolute atomic E-state index is 12.0. The van der Waals surface area contributed by atoms with Gasteiger partial charge < -0.3 is 20.7 Å². The minimum Gasteiger partial charge on any atom is -0.444 e. The number of amides is 1. The first-order chi connectivity index (χ1) is 12.1. The zero-order valence-electron chi connectivity index (χ0n) is 17.1. The molecule has 152 valence electrons. The van der Waals surface area contributed by atoms with Crippen LogP contribution in [0, 0.1) is 0 Å². The van der Waals surface area contributed by atoms with Crippen molar-refractivity contribution in [1.82, 2.24) is 16.0 Å². The second kappa shape index (κ2) is 9.61. The lowest BCUT2D eigenvalue weighted by atomic mass is 10.1. The van der Waals surface area contributed by atoms with Crippen LogP contribution >= 0.6 is 24.0 Å². The van der Waals surface area contributed by atoms with Crippen LogP contribution in [0.5, 0.6) is 0 Å². The van der Waals surface area contributed by atoms with E-state index in [1.165, 1.54) is 5.56 Å². The van der Waals surface area contributed by atoms with E-state index in [-0.39, 0.29) is 24.0 Å². The van der Waals surface area contributed by atoms with Crippen LogP contribution in [0.1, 0.15) is 52.5 Å². The predicted octanol–water partition coefficient (Wildman–Crippen LogP) is 3.63. The van der Waals surface area contributed by atoms with Crippen molar-refractivity contribution in [2.45, 2.75) is 64.1 Å². The number of carbonyl (C=O) groups excluding carboxylic acids is 1. The van der Waals surface area contributed by atoms with Crippen LogP contribution in [0.4, 0.5) is 4.79 Å². The summed E-state index contributed by atoms with van der Waals surface area (Å²) in [6, 6.07) is 10.9. The van der Waals surface area contributed by atoms with Gasteiger partial charge in [0.05, 0.1) is 5.54 Å². The molecule has 0 saturated heterocycles. The third-order valence-corrected chi connectivity index (χ3v) is 4.10. The quantitative estimate of drug-likeness (QED) is 0.336. The van der Waals surface area contributed by atoms with Crippen LogP contribution in [-0.4, -0.2) is 42.8 Å². The van der Waals surface area contributed by atoms with Gasteiger partial charge in [0, 0.05) is 25.6 Å². The van der Waals surface area contributed by atoms with Crippen molar-refractivity contribution in [2.24, 2.45) is 4.99 Å². The lowest BCUT2D eigenvalue weighted by Crippen LogP contribution is -2.54. The number of hydrogen-bond donors (Lipinski definition) is 3. The van der Waals surface area contributed by atoms with Gasteiger partial charge in [-0.3, -0.25) is 4.99 Å². The Morgan fingerprint density at radius 1 is 1.19 bits per heavy atom. The van der Waals surface area contributed by atoms with Crippen LogP contribution in [0.2, 0.25) is 0 Å². The largest absolute Gasteiger partial charge is 0.444 e. The van der Waals surface area contributed by atoms with Gasteiger partial charge in [-0.2, -0.15) is 0 Å². The normalized spacial score (nSPS) is 19.6. The van der Waals surface area contributed by atoms with E-state index in [1.54, 1.807) is 7.05 Å². The van der Waals surface area contributed by atoms with Gasteiger partial charge in [-0.1, -0.05) is 30.3 Å². The van der Waals surface area contributed by atoms with E-state index in [9.17, 15) is 4.79 Å². The van der Waals surface area contributed by atoms with Crippen molar-refractivity contribution >= 4 is 36.0 Å². The average Bonchev–Trinajstić information content (AvgIpc) is 3.29. The van der Waals surface area contributed by atoms with Gasteiger partial charge in [-0.15, -0.1) is 24.0 Å². The summed E-state index contributed by atoms with van der Waals surface area (Å²) < 4.78 is 5.32. The third kappa shape index (κ3) is 8.36. The number of nitrogens with zero attached hydrogens (tertiary/aromatic N) is 1. The maximum atomic E-state index is 12.0. The van der Waals surface area contributed by atoms with E-state index in [1.807, 2.05) is 40.7 Å². The van der Waals surface area contributed by atoms with Gasteiger partial charge in [-0.05, 0) is 46.6 Å². The zero-order valence-corrected chi connectivity index (χ0v) is 19.5. The summed E-state index contributed by atoms with van der Waals surface area (Å²) in [6.07, 6.45) is 0.683. The van der Waals surface area contributed by atoms with Crippen LogP contribution in [0.3, 0.4) is 0 Å². The highest BCUT2D eigenvalue weighted by molar-refractivity contribution is 14.0. The van der Waals surface area contributed by atoms with E-state index < -0.39 is 17.2 Å². The van der Waals surface area contributed by atoms with E-state index in [0.717, 1.165) is 12.4 Å². The second-order valence-corrected chi connectivity index (χ2v) is 8.44. The number of hydrogen-bond acceptors (Lipinski definition) is 3. The van der Waals surface area contributed by atoms with E-state index in [4.69, 9.17) is 4.74 Å². The minimum absolute atomic E-state index is 0. The van der Waals surface area contributed by atoms with Crippen molar-refractivity contribution in [3.05, 3.63) is 35.9 Å². The Balaban J connectivity index is 0.00000364. The topological polar surface area (TPSA) is 74.8 Å². The SMILES string of the molecule is CN=C(NCC(C)(C)NC(=O)OC(C)(C)C)NC1CC1c1ccccc1.I. The van der Waals surface area contributed by atoms with Crippen molar-refractivity contribution < 1.29 is 9.53 Å². The number of ether oxygens (including phenoxy) is 1. The molecule has 0 heterocycles. The second-order valence-electron chi connectivity index (χ2n) is 8.44. The fourth-order valence-corrected chi connectivity index (χ4v) is 2.72. The number of alkyl carbamates (subject to hydrolysis) is 1. The number of aliphatic imine (C=N–C) groups is 1. The molecule has 6 nitrogen and oxygen atoms in total. The number of guanidine groups is 1. The molecule has 1 aromatic rings. The molecule has 1 aliphatic rings. The first-order valence-corrected chi connectivity index (χ1v) is 9.13. The van der Waals surface area contributed by atoms with Gasteiger partial charge >= 0.3 is 6.09 Å². The first kappa shape index (κ1) is 23.5. The highest BCUT2D eigenvalue weighted by Gasteiger charge is 2.39. The fourth-order valence-electron chi connectivity index (χ4n) is 2.72. The summed E-state index contributed by atoms with van der Waals surface area (Å²) in [5.41, 5.74) is 0.374. The molecule has 0 bridgehead atoms. The van der Waals surface area contributed by atoms with E-state index in [0.29, 0.717) is 18.5 Å². The summed E-state index contributed by atoms with van der Waals surface area (Å²) in [4.78, 5) is 16.3. The summed E-state index contributed by atoms with van der Waals surface area (Å²) >= 11 is 0. The van der Waals surface area contributed by atoms with Gasteiger partial charge in [0.15, 0.2) is 5.96 Å². The zero-order chi connectivity index (χ0) is 19.4. The predicted molar refractivity (Wildman–Crippen MR) is 121 cm³/mol. The van der Waals surface area contributed by atoms with Crippen molar-refractivity contribution in [2.75, 3.05) is 13.6 Å². The number of halogens is 1. The summed E-state index contributed by atoms with van der Waals surface area (Å²) in [5, 5.41) is 9.63. The highest BCUT2D eigenvalue weighted by atomic mass is 127. The molecule has 27 heavy (non-hydrogen) atoms. The Morgan fingerprint density at radius 3 is 2.37 bits per heavy atom. The van der Waals surface area contributed by atoms with Crippen LogP contribution in [0.15, 0.2) is 35.3 Å². The fraction of sp³-hybridized carbons (Fsp3) is 0.600. The minimum atomic E-state index is -0.510. The molecule has 0 aliphatic heterocycles. The molecule has 0 radical (unpaired) electrons. The standard InChI is InChI=1S/C20H32N4O2.HI/c1-19(2,3)26-18(25)24-20(4,5)13-22-17(21-6)23-16-12-15(16)14-10-8-7-9-11-14;/h7-11,15-16H,12-13H2,1-6H3,(H,24,25)(H2,21,22,23);1H. The van der Waals surface area contributed by atoms with Gasteiger partial charge in [-0.25, -0.2) is 4.79 Å². The summed E-state index contributed by atoms with van der Waals surface area (Å²) in [6.45, 7) is 9.98. The summed E-state index contributed by atoms with van der Waals surface area (Å²) in [7, 11) is 1.75. The van der Waals surface area contributed by atoms with Crippen molar-refractivity contribution in [1.29, 1.82) is 0 Å². The number of rotatable bonds is 5. The van der Waals surface area contributed by atoms with Gasteiger partial charge in [0.25, 0.3) is 0 Å². The molecule has 1 amide bonds. The average molecular weight is 488 g/mol. The molecule has 2 unspecified atom stereocenters. The molecular formula is C20H33IN4O2. The molecule has 1 saturated carbocycles. The molecule has 7 heteroatoms. The Morgan fingerprint density at radius 2 is 1.81 bits per heavy atom. The van der Waals surface area contributed by atoms with Crippen molar-refractivity contribution in [3.8, 4) is 0 Å². The maximum Gasteiger partial charge on any atom is 0.408 e. The highest BCUT2D eigenvalue weighted by Crippen LogP contribution is 2.40. The smallest absolute Gasteiger partial charge is 0.408 e. The molecule has 0 aromatic heterocycles. The summed E-state index contributed by atoms with van der Waals surface area (Å²) in [5.74, 6) is 1.27. The van der Waals surface area contributed by atoms with Crippen LogP contribution in [-0.2, 0) is 4.74 Å². The van der Waals surface area contributed by atoms with Crippen LogP contribution in [0.25, 0.3) is 0 Å². The number of carbonyl (C=O) groups is 1. The van der Waals surface area contributed by atoms with E-state index in [2.05, 4.69) is 45.2 Å². The lowest BCUT2D eigenvalue weighted by molar-refractivity contribution is 0.0474. The Bertz CT molecular complexity index is 641. The van der Waals surface area contributed by atoms with E-state index >= 15 is 0 Å². The Kier molecular flexibility index (Phi) is 8.38. The third-order valence-electron chi connectivity index (χ3n) is 4.10. The number of nitrogens with one attached hydrogen (secondary N) is 3. The van der Waals surface area contributed by atoms with Crippen molar-refractivity contribution in [3.63, 3.8) is 0 Å². The molecule has 1 aromatic carbocycles. The Labute approximate surface area is 179 Å². The molecule has 1 aliphatic carbocycles. The molecule has 1 fully saturated rings.